The maximum Gasteiger partial charge on any atom is 0.246 e. The van der Waals surface area contributed by atoms with Crippen LogP contribution in [-0.2, 0) is 38.0 Å². The van der Waals surface area contributed by atoms with E-state index >= 15 is 0 Å². The first-order valence-electron chi connectivity index (χ1n) is 15.7. The smallest absolute Gasteiger partial charge is 0.246 e. The van der Waals surface area contributed by atoms with E-state index in [4.69, 9.17) is 33.5 Å². The van der Waals surface area contributed by atoms with Crippen molar-refractivity contribution < 1.29 is 58.4 Å². The van der Waals surface area contributed by atoms with E-state index in [-0.39, 0.29) is 38.2 Å². The molecule has 0 aromatic rings. The lowest BCUT2D eigenvalue weighted by atomic mass is 9.99. The van der Waals surface area contributed by atoms with Gasteiger partial charge in [0, 0.05) is 19.5 Å². The minimum Gasteiger partial charge on any atom is -0.394 e. The zero-order chi connectivity index (χ0) is 31.5. The normalized spacial score (nSPS) is 22.0. The van der Waals surface area contributed by atoms with Crippen molar-refractivity contribution >= 4 is 11.8 Å². The molecule has 1 rings (SSSR count). The lowest BCUT2D eigenvalue weighted by Gasteiger charge is -2.39. The van der Waals surface area contributed by atoms with E-state index in [1.54, 1.807) is 0 Å². The lowest BCUT2D eigenvalue weighted by Crippen LogP contribution is -2.59. The highest BCUT2D eigenvalue weighted by Gasteiger charge is 2.43. The Morgan fingerprint density at radius 2 is 1.19 bits per heavy atom. The van der Waals surface area contributed by atoms with Crippen molar-refractivity contribution in [3.63, 3.8) is 0 Å². The fourth-order valence-corrected chi connectivity index (χ4v) is 4.22. The standard InChI is InChI=1S/C29H56N2O12/c1-2-3-4-5-6-7-8-9-10-24(33)30-12-14-41-22-25(34)31-11-13-38-15-16-39-17-18-40-19-20-42-29-28(37)27(36)26(35)23(21-32)43-29/h23,26-29,32,35-37H,2-22H2,1H3,(H,30,33)(H,31,34)/t23?,26-,27+,28?,29+/m1/s1. The summed E-state index contributed by atoms with van der Waals surface area (Å²) in [6.07, 6.45) is 3.54. The molecule has 254 valence electrons. The summed E-state index contributed by atoms with van der Waals surface area (Å²) in [4.78, 5) is 23.6. The number of unbranched alkanes of at least 4 members (excludes halogenated alkanes) is 7. The third-order valence-corrected chi connectivity index (χ3v) is 6.73. The van der Waals surface area contributed by atoms with Crippen molar-refractivity contribution in [2.45, 2.75) is 95.4 Å². The SMILES string of the molecule is CCCCCCCCCCC(=O)NCCOCC(=O)NCCOCCOCCOCCO[C@H]1OC(CO)[C@@H](O)[C@H](O)C1O. The second kappa shape index (κ2) is 26.9. The molecule has 0 bridgehead atoms. The summed E-state index contributed by atoms with van der Waals surface area (Å²) >= 11 is 0. The Balaban J connectivity index is 1.82. The molecule has 2 unspecified atom stereocenters. The summed E-state index contributed by atoms with van der Waals surface area (Å²) in [5.41, 5.74) is 0. The number of hydrogen-bond acceptors (Lipinski definition) is 12. The fourth-order valence-electron chi connectivity index (χ4n) is 4.22. The van der Waals surface area contributed by atoms with Gasteiger partial charge >= 0.3 is 0 Å². The highest BCUT2D eigenvalue weighted by Crippen LogP contribution is 2.21. The number of carbonyl (C=O) groups excluding carboxylic acids is 2. The topological polar surface area (TPSA) is 194 Å². The molecule has 1 aliphatic heterocycles. The third-order valence-electron chi connectivity index (χ3n) is 6.73. The lowest BCUT2D eigenvalue weighted by molar-refractivity contribution is -0.302. The largest absolute Gasteiger partial charge is 0.394 e. The predicted octanol–water partition coefficient (Wildman–Crippen LogP) is -0.367. The molecule has 2 amide bonds. The quantitative estimate of drug-likeness (QED) is 0.0620. The summed E-state index contributed by atoms with van der Waals surface area (Å²) in [5.74, 6) is -0.231. The summed E-state index contributed by atoms with van der Waals surface area (Å²) < 4.78 is 32.0. The summed E-state index contributed by atoms with van der Waals surface area (Å²) in [5, 5.41) is 44.0. The monoisotopic (exact) mass is 624 g/mol. The molecular formula is C29H56N2O12. The molecule has 14 nitrogen and oxygen atoms in total. The van der Waals surface area contributed by atoms with Crippen molar-refractivity contribution in [1.29, 1.82) is 0 Å². The number of nitrogens with one attached hydrogen (secondary N) is 2. The van der Waals surface area contributed by atoms with E-state index in [1.165, 1.54) is 38.5 Å². The second-order valence-corrected chi connectivity index (χ2v) is 10.4. The molecule has 0 saturated carbocycles. The molecule has 1 fully saturated rings. The summed E-state index contributed by atoms with van der Waals surface area (Å²) in [7, 11) is 0. The molecule has 6 N–H and O–H groups in total. The van der Waals surface area contributed by atoms with Gasteiger partial charge in [0.05, 0.1) is 59.5 Å². The van der Waals surface area contributed by atoms with Crippen LogP contribution in [0.4, 0.5) is 0 Å². The van der Waals surface area contributed by atoms with Crippen molar-refractivity contribution in [2.75, 3.05) is 79.2 Å². The fraction of sp³-hybridized carbons (Fsp3) is 0.931. The van der Waals surface area contributed by atoms with E-state index in [1.807, 2.05) is 0 Å². The second-order valence-electron chi connectivity index (χ2n) is 10.4. The van der Waals surface area contributed by atoms with Crippen molar-refractivity contribution in [2.24, 2.45) is 0 Å². The van der Waals surface area contributed by atoms with Gasteiger partial charge in [0.2, 0.25) is 11.8 Å². The molecule has 0 aromatic heterocycles. The van der Waals surface area contributed by atoms with Crippen LogP contribution < -0.4 is 10.6 Å². The van der Waals surface area contributed by atoms with E-state index in [9.17, 15) is 24.9 Å². The molecule has 1 aliphatic rings. The first kappa shape index (κ1) is 39.6. The first-order valence-corrected chi connectivity index (χ1v) is 15.7. The number of rotatable bonds is 28. The Bertz CT molecular complexity index is 688. The number of aliphatic hydroxyl groups is 4. The van der Waals surface area contributed by atoms with E-state index in [0.717, 1.165) is 12.8 Å². The highest BCUT2D eigenvalue weighted by atomic mass is 16.7. The number of carbonyl (C=O) groups is 2. The van der Waals surface area contributed by atoms with Gasteiger partial charge in [0.15, 0.2) is 6.29 Å². The predicted molar refractivity (Wildman–Crippen MR) is 156 cm³/mol. The van der Waals surface area contributed by atoms with Crippen LogP contribution in [0.3, 0.4) is 0 Å². The Kier molecular flexibility index (Phi) is 24.8. The van der Waals surface area contributed by atoms with Crippen molar-refractivity contribution in [3.8, 4) is 0 Å². The maximum atomic E-state index is 11.8. The van der Waals surface area contributed by atoms with Gasteiger partial charge in [-0.15, -0.1) is 0 Å². The van der Waals surface area contributed by atoms with Gasteiger partial charge in [-0.05, 0) is 6.42 Å². The molecule has 1 saturated heterocycles. The molecule has 0 spiro atoms. The molecule has 0 aliphatic carbocycles. The van der Waals surface area contributed by atoms with Gasteiger partial charge in [-0.1, -0.05) is 51.9 Å². The van der Waals surface area contributed by atoms with Gasteiger partial charge in [-0.25, -0.2) is 0 Å². The Morgan fingerprint density at radius 3 is 1.81 bits per heavy atom. The van der Waals surface area contributed by atoms with Crippen molar-refractivity contribution in [3.05, 3.63) is 0 Å². The first-order chi connectivity index (χ1) is 20.9. The average molecular weight is 625 g/mol. The van der Waals surface area contributed by atoms with Crippen LogP contribution >= 0.6 is 0 Å². The Hall–Kier alpha value is -1.46. The van der Waals surface area contributed by atoms with E-state index in [2.05, 4.69) is 17.6 Å². The number of ether oxygens (including phenoxy) is 6. The van der Waals surface area contributed by atoms with Crippen LogP contribution in [0.5, 0.6) is 0 Å². The van der Waals surface area contributed by atoms with Gasteiger partial charge in [0.25, 0.3) is 0 Å². The maximum absolute atomic E-state index is 11.8. The molecule has 14 heteroatoms. The van der Waals surface area contributed by atoms with Crippen molar-refractivity contribution in [1.82, 2.24) is 10.6 Å². The van der Waals surface area contributed by atoms with Gasteiger partial charge in [-0.3, -0.25) is 9.59 Å². The van der Waals surface area contributed by atoms with Crippen LogP contribution in [0.15, 0.2) is 0 Å². The van der Waals surface area contributed by atoms with E-state index in [0.29, 0.717) is 52.5 Å². The number of aliphatic hydroxyl groups excluding tert-OH is 4. The molecule has 0 aromatic carbocycles. The Morgan fingerprint density at radius 1 is 0.651 bits per heavy atom. The minimum atomic E-state index is -1.48. The molecular weight excluding hydrogens is 568 g/mol. The van der Waals surface area contributed by atoms with Gasteiger partial charge < -0.3 is 59.5 Å². The summed E-state index contributed by atoms with van der Waals surface area (Å²) in [6.45, 7) is 4.54. The summed E-state index contributed by atoms with van der Waals surface area (Å²) in [6, 6.07) is 0. The molecule has 5 atom stereocenters. The molecule has 43 heavy (non-hydrogen) atoms. The van der Waals surface area contributed by atoms with Crippen LogP contribution in [-0.4, -0.2) is 142 Å². The molecule has 1 heterocycles. The average Bonchev–Trinajstić information content (AvgIpc) is 3.00. The minimum absolute atomic E-state index is 0.0208. The zero-order valence-electron chi connectivity index (χ0n) is 25.8. The van der Waals surface area contributed by atoms with Crippen LogP contribution in [0.2, 0.25) is 0 Å². The number of amides is 2. The third kappa shape index (κ3) is 20.2. The van der Waals surface area contributed by atoms with E-state index < -0.39 is 37.3 Å². The van der Waals surface area contributed by atoms with Crippen LogP contribution in [0.1, 0.15) is 64.7 Å². The van der Waals surface area contributed by atoms with Crippen LogP contribution in [0, 0.1) is 0 Å². The number of hydrogen-bond donors (Lipinski definition) is 6. The zero-order valence-corrected chi connectivity index (χ0v) is 25.8. The highest BCUT2D eigenvalue weighted by molar-refractivity contribution is 5.77. The molecule has 0 radical (unpaired) electrons. The van der Waals surface area contributed by atoms with Crippen LogP contribution in [0.25, 0.3) is 0 Å². The Labute approximate surface area is 255 Å². The van der Waals surface area contributed by atoms with Gasteiger partial charge in [0.1, 0.15) is 31.0 Å². The van der Waals surface area contributed by atoms with Gasteiger partial charge in [-0.2, -0.15) is 0 Å².